The molecule has 2 aromatic heterocycles. The van der Waals surface area contributed by atoms with Crippen LogP contribution in [-0.2, 0) is 23.6 Å². The predicted molar refractivity (Wildman–Crippen MR) is 539 cm³/mol. The number of anilines is 2. The largest absolute Gasteiger partial charge is 0.398 e. The van der Waals surface area contributed by atoms with Crippen molar-refractivity contribution in [3.8, 4) is 0 Å². The monoisotopic (exact) mass is 2030 g/mol. The molecule has 17 unspecified atom stereocenters. The minimum atomic E-state index is -2.82. The first-order valence-corrected chi connectivity index (χ1v) is 48.8. The number of nitrogens with two attached hydrogens (primary N) is 1. The number of aliphatic hydroxyl groups is 1. The Morgan fingerprint density at radius 1 is 0.474 bits per heavy atom. The second-order valence-corrected chi connectivity index (χ2v) is 40.9. The number of benzene rings is 8. The summed E-state index contributed by atoms with van der Waals surface area (Å²) in [5.41, 5.74) is 37.1. The van der Waals surface area contributed by atoms with E-state index in [1.807, 2.05) is 92.7 Å². The van der Waals surface area contributed by atoms with Gasteiger partial charge in [0.25, 0.3) is 24.0 Å². The molecule has 15 aliphatic rings. The van der Waals surface area contributed by atoms with Crippen molar-refractivity contribution in [2.24, 2.45) is 14.1 Å². The zero-order valence-electron chi connectivity index (χ0n) is 75.2. The number of nitrogen functional groups attached to an aromatic ring is 1. The van der Waals surface area contributed by atoms with Gasteiger partial charge >= 0.3 is 0 Å². The van der Waals surface area contributed by atoms with Crippen molar-refractivity contribution in [1.29, 1.82) is 0 Å². The number of carbonyl (C=O) groups is 3. The van der Waals surface area contributed by atoms with E-state index in [1.54, 1.807) is 28.3 Å². The van der Waals surface area contributed by atoms with Crippen LogP contribution in [0, 0.1) is 60.6 Å². The van der Waals surface area contributed by atoms with E-state index >= 15 is 0 Å². The Bertz CT molecular complexity index is 6670. The van der Waals surface area contributed by atoms with Crippen molar-refractivity contribution >= 4 is 137 Å². The molecule has 3 heterocycles. The van der Waals surface area contributed by atoms with Gasteiger partial charge in [0, 0.05) is 113 Å². The Labute approximate surface area is 833 Å². The Balaban J connectivity index is 0.000000106. The van der Waals surface area contributed by atoms with Crippen LogP contribution in [-0.4, -0.2) is 59.9 Å². The number of nitrogens with zero attached hydrogens (tertiary/aromatic N) is 4. The molecule has 9 aromatic carbocycles. The fourth-order valence-electron chi connectivity index (χ4n) is 22.8. The van der Waals surface area contributed by atoms with Gasteiger partial charge in [0.1, 0.15) is 24.9 Å². The maximum Gasteiger partial charge on any atom is 0.282 e. The summed E-state index contributed by atoms with van der Waals surface area (Å²) in [6.45, 7) is 14.8. The van der Waals surface area contributed by atoms with Crippen LogP contribution in [0.5, 0.6) is 0 Å². The summed E-state index contributed by atoms with van der Waals surface area (Å²) in [5, 5.41) is 19.6. The van der Waals surface area contributed by atoms with Crippen LogP contribution in [0.2, 0.25) is 5.02 Å². The number of ketones is 1. The number of hydrogen-bond donors (Lipinski definition) is 3. The SMILES string of the molecule is Cc1c#cccc1.Cc1cccc(Br)c1Cl.Cc1cccc2c1C1C=CC2C1.Cc1cccc2c1C1C=CC2C1=C(Cl)Cl.Cc1cccc2c1C1C=CC2C1=O.Cc1cccc2c1C1C=CC2C1O.Cc1cccc2c1C1CC2C2OC12.Cn1cc(C(=O)Cl)c(C(F)F)n1.Cn1cc(C(=O)Nc2cccc3c2C2CCC3C2=C(Cl)Cl)c(C(F)F)n1.Nc1cccc2c1C1C=CC2C1=C(Cl)Cl. The average molecular weight is 2030 g/mol. The number of halogens is 13. The van der Waals surface area contributed by atoms with Crippen molar-refractivity contribution in [3.63, 3.8) is 0 Å². The summed E-state index contributed by atoms with van der Waals surface area (Å²) in [6, 6.07) is 61.4. The van der Waals surface area contributed by atoms with Crippen LogP contribution in [0.3, 0.4) is 0 Å². The molecule has 0 radical (unpaired) electrons. The molecule has 11 nitrogen and oxygen atoms in total. The molecular weight excluding hydrogens is 1940 g/mol. The molecule has 14 aliphatic carbocycles. The third-order valence-electron chi connectivity index (χ3n) is 28.6. The lowest BCUT2D eigenvalue weighted by molar-refractivity contribution is -0.118. The van der Waals surface area contributed by atoms with Gasteiger partial charge in [-0.15, -0.1) is 0 Å². The zero-order chi connectivity index (χ0) is 95.7. The topological polar surface area (TPSA) is 158 Å². The first kappa shape index (κ1) is 96.9. The molecule has 11 aromatic rings. The first-order valence-electron chi connectivity index (χ1n) is 45.0. The maximum atomic E-state index is 13.1. The summed E-state index contributed by atoms with van der Waals surface area (Å²) >= 11 is 50.1. The molecule has 26 rings (SSSR count). The number of Topliss-reactive ketones (excluding diaryl/α,β-unsaturated/α-hetero) is 1. The van der Waals surface area contributed by atoms with Gasteiger partial charge in [0.05, 0.1) is 46.3 Å². The molecule has 1 amide bonds. The molecule has 14 bridgehead atoms. The highest BCUT2D eigenvalue weighted by Gasteiger charge is 2.62. The number of aliphatic hydroxyl groups excluding tert-OH is 1. The highest BCUT2D eigenvalue weighted by Crippen LogP contribution is 2.65. The number of aromatic nitrogens is 4. The van der Waals surface area contributed by atoms with Gasteiger partial charge in [-0.05, 0) is 259 Å². The number of fused-ring (bicyclic) bond motifs is 38. The van der Waals surface area contributed by atoms with Crippen LogP contribution in [0.25, 0.3) is 0 Å². The van der Waals surface area contributed by atoms with E-state index in [1.165, 1.54) is 110 Å². The van der Waals surface area contributed by atoms with Crippen molar-refractivity contribution in [2.75, 3.05) is 11.1 Å². The highest BCUT2D eigenvalue weighted by atomic mass is 79.9. The molecule has 2 saturated carbocycles. The molecular formula is C111H97BrCl8F4N6O5. The van der Waals surface area contributed by atoms with Gasteiger partial charge in [-0.1, -0.05) is 294 Å². The fraction of sp³-hybridized carbons (Fsp3) is 0.288. The number of aryl methyl sites for hydroxylation is 9. The highest BCUT2D eigenvalue weighted by molar-refractivity contribution is 9.10. The standard InChI is InChI=1S/C18H15Cl2F2N3O.C13H10Cl2.C12H9Cl2N.2C12H12O.C12H10O.C12H12.C7H6BrCl.C7H6.C6H5ClF2N2O/c1-25-7-11(15(24-25)17(21)22)18(26)23-12-4-2-3-8-9-5-6-10(13(8)12)14(9)16(19)20;1-7-3-2-4-8-9-5-6-10(11(7)8)12(9)13(14)15;13-12(14)11-7-4-5-8(11)10-6(7)2-1-3-9(10)15;1-6-3-2-4-7-8-5-9(10(6)7)12-11(8)13-12;2*1-7-3-2-4-8-9-5-6-10(11(7)8)12(9)13;1-8-3-2-4-11-9-5-6-10(7-9)12(8)11;1-5-3-2-4-6(8)7(5)9;1-7-5-3-2-4-6-7;1-11-2-3(5(7)12)4(10-11)6(8)9/h2-4,7,9-10,17H,5-6H2,1H3,(H,23,26);2-6,9-10H,1H3;1-5,7-8H,15H2;2-4,8-9,11-12H,5H2,1H3;2-6,9-10,12-13H,1H3;2-6,9-10H,1H3;2-6,9-10H,7H2,1H3;2-4H,1H3;2-3,5H,1H3;2,6H,1H3. The quantitative estimate of drug-likeness (QED) is 0.0505. The average Bonchev–Trinajstić information content (AvgIpc) is 1.51. The molecule has 3 fully saturated rings. The minimum absolute atomic E-state index is 0.0555. The Hall–Kier alpha value is -9.81. The number of rotatable bonds is 5. The van der Waals surface area contributed by atoms with E-state index < -0.39 is 35.4 Å². The Kier molecular flexibility index (Phi) is 28.9. The number of carbonyl (C=O) groups excluding carboxylic acids is 3. The minimum Gasteiger partial charge on any atom is -0.398 e. The van der Waals surface area contributed by atoms with Crippen LogP contribution in [0.15, 0.2) is 272 Å². The maximum absolute atomic E-state index is 13.1. The lowest BCUT2D eigenvalue weighted by Gasteiger charge is -2.18. The molecule has 1 aliphatic heterocycles. The van der Waals surface area contributed by atoms with Gasteiger partial charge in [-0.3, -0.25) is 23.7 Å². The van der Waals surface area contributed by atoms with Gasteiger partial charge < -0.3 is 20.9 Å². The van der Waals surface area contributed by atoms with Crippen molar-refractivity contribution < 1.29 is 41.8 Å². The molecule has 0 spiro atoms. The van der Waals surface area contributed by atoms with Crippen LogP contribution in [0.1, 0.15) is 270 Å². The summed E-state index contributed by atoms with van der Waals surface area (Å²) < 4.78 is 60.6. The van der Waals surface area contributed by atoms with E-state index in [9.17, 15) is 37.1 Å². The van der Waals surface area contributed by atoms with Crippen molar-refractivity contribution in [1.82, 2.24) is 19.6 Å². The first-order chi connectivity index (χ1) is 64.7. The van der Waals surface area contributed by atoms with Crippen LogP contribution < -0.4 is 11.1 Å². The van der Waals surface area contributed by atoms with Crippen molar-refractivity contribution in [3.05, 3.63) is 428 Å². The van der Waals surface area contributed by atoms with Gasteiger partial charge in [0.2, 0.25) is 0 Å². The third-order valence-corrected chi connectivity index (χ3v) is 31.5. The van der Waals surface area contributed by atoms with E-state index in [0.717, 1.165) is 102 Å². The lowest BCUT2D eigenvalue weighted by Crippen LogP contribution is -2.16. The molecule has 24 heteroatoms. The Morgan fingerprint density at radius 3 is 1.49 bits per heavy atom. The van der Waals surface area contributed by atoms with Gasteiger partial charge in [-0.2, -0.15) is 10.2 Å². The van der Waals surface area contributed by atoms with E-state index in [0.29, 0.717) is 44.5 Å². The number of ether oxygens (including phenoxy) is 1. The molecule has 692 valence electrons. The summed E-state index contributed by atoms with van der Waals surface area (Å²) in [4.78, 5) is 34.9. The summed E-state index contributed by atoms with van der Waals surface area (Å²) in [7, 11) is 2.94. The molecule has 135 heavy (non-hydrogen) atoms. The van der Waals surface area contributed by atoms with Gasteiger partial charge in [-0.25, -0.2) is 17.6 Å². The van der Waals surface area contributed by atoms with E-state index in [4.69, 9.17) is 103 Å². The van der Waals surface area contributed by atoms with Crippen LogP contribution >= 0.6 is 109 Å². The Morgan fingerprint density at radius 2 is 0.948 bits per heavy atom. The normalized spacial score (nSPS) is 24.5. The predicted octanol–water partition coefficient (Wildman–Crippen LogP) is 30.1. The smallest absolute Gasteiger partial charge is 0.282 e. The third kappa shape index (κ3) is 18.8. The molecule has 17 atom stereocenters. The number of nitrogens with one attached hydrogen (secondary N) is 1. The number of amides is 1. The van der Waals surface area contributed by atoms with E-state index in [-0.39, 0.29) is 69.1 Å². The second kappa shape index (κ2) is 40.3. The van der Waals surface area contributed by atoms with Gasteiger partial charge in [0.15, 0.2) is 5.78 Å². The zero-order valence-corrected chi connectivity index (χ0v) is 82.8. The van der Waals surface area contributed by atoms with Crippen molar-refractivity contribution in [2.45, 2.75) is 188 Å². The summed E-state index contributed by atoms with van der Waals surface area (Å²) in [6.07, 6.45) is 24.2. The van der Waals surface area contributed by atoms with E-state index in [2.05, 4.69) is 218 Å². The summed E-state index contributed by atoms with van der Waals surface area (Å²) in [5.74, 6) is 4.67. The second-order valence-electron chi connectivity index (χ2n) is 36.5. The number of allylic oxidation sites excluding steroid dienone is 11. The molecule has 1 saturated heterocycles. The molecule has 4 N–H and O–H groups in total. The number of alkyl halides is 4. The number of hydrogen-bond acceptors (Lipinski definition) is 8. The van der Waals surface area contributed by atoms with Crippen LogP contribution in [0.4, 0.5) is 28.9 Å². The lowest BCUT2D eigenvalue weighted by atomic mass is 9.89. The fourth-order valence-corrected chi connectivity index (χ4v) is 25.0. The number of epoxide rings is 1.